The van der Waals surface area contributed by atoms with Crippen LogP contribution in [0.5, 0.6) is 0 Å². The Labute approximate surface area is 166 Å². The van der Waals surface area contributed by atoms with E-state index in [0.29, 0.717) is 29.1 Å². The van der Waals surface area contributed by atoms with E-state index >= 15 is 0 Å². The lowest BCUT2D eigenvalue weighted by atomic mass is 10.3. The zero-order valence-electron chi connectivity index (χ0n) is 11.9. The quantitative estimate of drug-likeness (QED) is 0.213. The summed E-state index contributed by atoms with van der Waals surface area (Å²) in [6.45, 7) is 2.19. The highest BCUT2D eigenvalue weighted by Gasteiger charge is 2.29. The summed E-state index contributed by atoms with van der Waals surface area (Å²) in [5.74, 6) is 0.197. The van der Waals surface area contributed by atoms with Crippen LogP contribution in [0.4, 0.5) is 10.2 Å². The molecule has 11 heteroatoms. The standard InChI is InChI=1S/C13H9Cl5FN3OS/c1-2-23-6-21-11-12(24-13(17,18)19)20-5-22(11)10-8(15)3-7(14)4-9(10)16/h3-6H,2H2,1H3. The van der Waals surface area contributed by atoms with Gasteiger partial charge in [0, 0.05) is 5.02 Å². The molecule has 1 heterocycles. The highest BCUT2D eigenvalue weighted by Crippen LogP contribution is 2.45. The van der Waals surface area contributed by atoms with E-state index in [1.807, 2.05) is 0 Å². The summed E-state index contributed by atoms with van der Waals surface area (Å²) < 4.78 is 17.5. The third-order valence-corrected chi connectivity index (χ3v) is 4.53. The average Bonchev–Trinajstić information content (AvgIpc) is 2.79. The molecule has 0 saturated carbocycles. The van der Waals surface area contributed by atoms with E-state index in [-0.39, 0.29) is 20.9 Å². The molecule has 0 spiro atoms. The molecule has 0 aliphatic carbocycles. The summed E-state index contributed by atoms with van der Waals surface area (Å²) >= 11 is 29.6. The van der Waals surface area contributed by atoms with Crippen LogP contribution in [0.3, 0.4) is 0 Å². The molecule has 0 radical (unpaired) electrons. The minimum absolute atomic E-state index is 0.125. The molecule has 0 aliphatic heterocycles. The van der Waals surface area contributed by atoms with Crippen LogP contribution in [-0.2, 0) is 4.74 Å². The van der Waals surface area contributed by atoms with Gasteiger partial charge in [-0.2, -0.15) is 9.38 Å². The van der Waals surface area contributed by atoms with E-state index in [0.717, 1.165) is 0 Å². The van der Waals surface area contributed by atoms with E-state index in [1.165, 1.54) is 29.4 Å². The molecule has 1 aromatic heterocycles. The second-order valence-electron chi connectivity index (χ2n) is 4.20. The Morgan fingerprint density at radius 1 is 1.33 bits per heavy atom. The SMILES string of the molecule is CCOC=Nc1c(SC(F)(Cl)Cl)ncn1-c1c(Cl)cc(Cl)cc1Cl. The maximum absolute atomic E-state index is 13.6. The van der Waals surface area contributed by atoms with Gasteiger partial charge in [0.05, 0.1) is 22.3 Å². The van der Waals surface area contributed by atoms with Gasteiger partial charge in [0.15, 0.2) is 12.2 Å². The fourth-order valence-corrected chi connectivity index (χ4v) is 3.71. The van der Waals surface area contributed by atoms with Crippen LogP contribution >= 0.6 is 69.8 Å². The zero-order chi connectivity index (χ0) is 17.9. The van der Waals surface area contributed by atoms with Crippen LogP contribution in [0.15, 0.2) is 28.5 Å². The molecule has 0 N–H and O–H groups in total. The Morgan fingerprint density at radius 2 is 1.96 bits per heavy atom. The maximum Gasteiger partial charge on any atom is 0.310 e. The molecule has 2 rings (SSSR count). The molecular weight excluding hydrogens is 442 g/mol. The number of imidazole rings is 1. The van der Waals surface area contributed by atoms with Crippen molar-refractivity contribution >= 4 is 82.0 Å². The average molecular weight is 452 g/mol. The lowest BCUT2D eigenvalue weighted by molar-refractivity contribution is 0.343. The van der Waals surface area contributed by atoms with Crippen molar-refractivity contribution in [3.63, 3.8) is 0 Å². The summed E-state index contributed by atoms with van der Waals surface area (Å²) in [7, 11) is 0. The number of aromatic nitrogens is 2. The molecule has 0 atom stereocenters. The van der Waals surface area contributed by atoms with Crippen molar-refractivity contribution in [2.75, 3.05) is 6.61 Å². The number of hydrogen-bond donors (Lipinski definition) is 0. The Kier molecular flexibility index (Phi) is 6.93. The van der Waals surface area contributed by atoms with E-state index in [4.69, 9.17) is 62.7 Å². The lowest BCUT2D eigenvalue weighted by Gasteiger charge is -2.11. The molecule has 1 aromatic carbocycles. The molecule has 0 unspecified atom stereocenters. The van der Waals surface area contributed by atoms with Crippen LogP contribution < -0.4 is 0 Å². The predicted molar refractivity (Wildman–Crippen MR) is 99.8 cm³/mol. The van der Waals surface area contributed by atoms with Gasteiger partial charge in [-0.1, -0.05) is 58.0 Å². The third kappa shape index (κ3) is 5.07. The Hall–Kier alpha value is -0.370. The van der Waals surface area contributed by atoms with Crippen LogP contribution in [0.25, 0.3) is 5.69 Å². The van der Waals surface area contributed by atoms with Crippen molar-refractivity contribution in [1.82, 2.24) is 9.55 Å². The highest BCUT2D eigenvalue weighted by molar-refractivity contribution is 8.03. The molecule has 4 nitrogen and oxygen atoms in total. The van der Waals surface area contributed by atoms with Gasteiger partial charge in [-0.05, 0) is 30.8 Å². The summed E-state index contributed by atoms with van der Waals surface area (Å²) in [5, 5.41) is 1.02. The molecule has 0 bridgehead atoms. The highest BCUT2D eigenvalue weighted by atomic mass is 35.5. The fourth-order valence-electron chi connectivity index (χ4n) is 1.71. The second-order valence-corrected chi connectivity index (χ2v) is 8.29. The molecular formula is C13H9Cl5FN3OS. The number of alkyl halides is 3. The topological polar surface area (TPSA) is 39.4 Å². The van der Waals surface area contributed by atoms with Gasteiger partial charge in [0.1, 0.15) is 11.4 Å². The van der Waals surface area contributed by atoms with Gasteiger partial charge >= 0.3 is 3.92 Å². The number of nitrogens with zero attached hydrogens (tertiary/aromatic N) is 3. The Morgan fingerprint density at radius 3 is 2.50 bits per heavy atom. The summed E-state index contributed by atoms with van der Waals surface area (Å²) in [6.07, 6.45) is 2.55. The van der Waals surface area contributed by atoms with Crippen molar-refractivity contribution in [3.8, 4) is 5.69 Å². The van der Waals surface area contributed by atoms with E-state index < -0.39 is 3.92 Å². The number of benzene rings is 1. The number of rotatable bonds is 6. The summed E-state index contributed by atoms with van der Waals surface area (Å²) in [6, 6.07) is 3.02. The van der Waals surface area contributed by atoms with Crippen LogP contribution in [-0.4, -0.2) is 26.5 Å². The normalized spacial score (nSPS) is 12.1. The van der Waals surface area contributed by atoms with E-state index in [1.54, 1.807) is 6.92 Å². The van der Waals surface area contributed by atoms with Gasteiger partial charge in [-0.3, -0.25) is 4.57 Å². The molecule has 2 aromatic rings. The van der Waals surface area contributed by atoms with E-state index in [9.17, 15) is 4.39 Å². The first-order valence-electron chi connectivity index (χ1n) is 6.35. The summed E-state index contributed by atoms with van der Waals surface area (Å²) in [4.78, 5) is 8.18. The van der Waals surface area contributed by atoms with Crippen LogP contribution in [0, 0.1) is 0 Å². The van der Waals surface area contributed by atoms with Gasteiger partial charge < -0.3 is 4.74 Å². The number of aliphatic imine (C=N–C) groups is 1. The minimum Gasteiger partial charge on any atom is -0.483 e. The largest absolute Gasteiger partial charge is 0.483 e. The first kappa shape index (κ1) is 19.9. The monoisotopic (exact) mass is 449 g/mol. The predicted octanol–water partition coefficient (Wildman–Crippen LogP) is 6.68. The van der Waals surface area contributed by atoms with Gasteiger partial charge in [0.25, 0.3) is 0 Å². The molecule has 0 fully saturated rings. The van der Waals surface area contributed by atoms with Crippen molar-refractivity contribution in [1.29, 1.82) is 0 Å². The summed E-state index contributed by atoms with van der Waals surface area (Å²) in [5.41, 5.74) is 0.374. The number of halogens is 6. The Balaban J connectivity index is 2.58. The molecule has 0 amide bonds. The van der Waals surface area contributed by atoms with Crippen molar-refractivity contribution < 1.29 is 9.13 Å². The minimum atomic E-state index is -2.58. The first-order valence-corrected chi connectivity index (χ1v) is 9.05. The molecule has 0 aliphatic rings. The third-order valence-electron chi connectivity index (χ3n) is 2.56. The molecule has 24 heavy (non-hydrogen) atoms. The molecule has 130 valence electrons. The van der Waals surface area contributed by atoms with Crippen molar-refractivity contribution in [3.05, 3.63) is 33.5 Å². The second kappa shape index (κ2) is 8.34. The first-order chi connectivity index (χ1) is 11.2. The van der Waals surface area contributed by atoms with Gasteiger partial charge in [-0.25, -0.2) is 4.98 Å². The zero-order valence-corrected chi connectivity index (χ0v) is 16.5. The maximum atomic E-state index is 13.6. The fraction of sp³-hybridized carbons (Fsp3) is 0.231. The number of hydrogen-bond acceptors (Lipinski definition) is 4. The smallest absolute Gasteiger partial charge is 0.310 e. The van der Waals surface area contributed by atoms with E-state index in [2.05, 4.69) is 9.98 Å². The number of ether oxygens (including phenoxy) is 1. The van der Waals surface area contributed by atoms with Crippen molar-refractivity contribution in [2.24, 2.45) is 4.99 Å². The van der Waals surface area contributed by atoms with Crippen molar-refractivity contribution in [2.45, 2.75) is 15.9 Å². The van der Waals surface area contributed by atoms with Gasteiger partial charge in [0.2, 0.25) is 0 Å². The molecule has 0 saturated heterocycles. The van der Waals surface area contributed by atoms with Crippen LogP contribution in [0.1, 0.15) is 6.92 Å². The van der Waals surface area contributed by atoms with Gasteiger partial charge in [-0.15, -0.1) is 0 Å². The lowest BCUT2D eigenvalue weighted by Crippen LogP contribution is -1.98. The number of thioether (sulfide) groups is 1. The Bertz CT molecular complexity index is 740. The van der Waals surface area contributed by atoms with Crippen LogP contribution in [0.2, 0.25) is 15.1 Å².